The smallest absolute Gasteiger partial charge is 0.417 e. The Morgan fingerprint density at radius 1 is 1.13 bits per heavy atom. The highest BCUT2D eigenvalue weighted by Gasteiger charge is 2.34. The van der Waals surface area contributed by atoms with Crippen molar-refractivity contribution in [3.8, 4) is 17.1 Å². The van der Waals surface area contributed by atoms with Gasteiger partial charge in [0, 0.05) is 17.8 Å². The number of rotatable bonds is 5. The summed E-state index contributed by atoms with van der Waals surface area (Å²) in [6, 6.07) is 13.6. The molecule has 2 aromatic heterocycles. The first kappa shape index (κ1) is 20.4. The van der Waals surface area contributed by atoms with Crippen molar-refractivity contribution in [1.29, 1.82) is 0 Å². The highest BCUT2D eigenvalue weighted by molar-refractivity contribution is 5.95. The Labute approximate surface area is 175 Å². The molecule has 0 fully saturated rings. The second-order valence-corrected chi connectivity index (χ2v) is 6.75. The Bertz CT molecular complexity index is 1240. The highest BCUT2D eigenvalue weighted by atomic mass is 19.4. The zero-order valence-electron chi connectivity index (χ0n) is 16.3. The number of carbonyl (C=O) groups is 1. The molecule has 0 atom stereocenters. The number of aromatic amines is 1. The summed E-state index contributed by atoms with van der Waals surface area (Å²) < 4.78 is 45.6. The second kappa shape index (κ2) is 8.10. The summed E-state index contributed by atoms with van der Waals surface area (Å²) in [7, 11) is 1.47. The SMILES string of the molecule is COc1cc(CC(=O)Nc2ccccn2)c2nc(-c3ccccc3C(F)(F)F)[nH]c2c1. The number of imidazole rings is 1. The van der Waals surface area contributed by atoms with E-state index < -0.39 is 11.7 Å². The summed E-state index contributed by atoms with van der Waals surface area (Å²) in [5, 5.41) is 2.68. The molecule has 0 aliphatic carbocycles. The third-order valence-corrected chi connectivity index (χ3v) is 4.65. The van der Waals surface area contributed by atoms with Crippen molar-refractivity contribution in [2.45, 2.75) is 12.6 Å². The van der Waals surface area contributed by atoms with Crippen molar-refractivity contribution >= 4 is 22.8 Å². The summed E-state index contributed by atoms with van der Waals surface area (Å²) in [6.45, 7) is 0. The summed E-state index contributed by atoms with van der Waals surface area (Å²) in [4.78, 5) is 23.9. The lowest BCUT2D eigenvalue weighted by atomic mass is 10.1. The quantitative estimate of drug-likeness (QED) is 0.479. The van der Waals surface area contributed by atoms with Crippen LogP contribution in [0.3, 0.4) is 0 Å². The van der Waals surface area contributed by atoms with Crippen LogP contribution in [0.25, 0.3) is 22.4 Å². The Morgan fingerprint density at radius 2 is 1.90 bits per heavy atom. The molecule has 0 aliphatic rings. The number of amides is 1. The Hall–Kier alpha value is -3.88. The highest BCUT2D eigenvalue weighted by Crippen LogP contribution is 2.37. The second-order valence-electron chi connectivity index (χ2n) is 6.75. The molecular formula is C22H17F3N4O2. The number of carbonyl (C=O) groups excluding carboxylic acids is 1. The van der Waals surface area contributed by atoms with Gasteiger partial charge in [0.1, 0.15) is 17.4 Å². The van der Waals surface area contributed by atoms with E-state index in [0.29, 0.717) is 28.2 Å². The molecule has 2 N–H and O–H groups in total. The summed E-state index contributed by atoms with van der Waals surface area (Å²) in [5.41, 5.74) is 0.496. The van der Waals surface area contributed by atoms with Crippen LogP contribution >= 0.6 is 0 Å². The minimum absolute atomic E-state index is 0.0579. The molecule has 0 saturated heterocycles. The van der Waals surface area contributed by atoms with Crippen LogP contribution in [0.15, 0.2) is 60.8 Å². The van der Waals surface area contributed by atoms with Crippen LogP contribution in [0, 0.1) is 0 Å². The molecule has 9 heteroatoms. The monoisotopic (exact) mass is 426 g/mol. The van der Waals surface area contributed by atoms with Gasteiger partial charge in [-0.15, -0.1) is 0 Å². The van der Waals surface area contributed by atoms with E-state index in [4.69, 9.17) is 4.74 Å². The molecule has 6 nitrogen and oxygen atoms in total. The zero-order chi connectivity index (χ0) is 22.0. The lowest BCUT2D eigenvalue weighted by molar-refractivity contribution is -0.137. The molecule has 0 radical (unpaired) electrons. The number of ether oxygens (including phenoxy) is 1. The summed E-state index contributed by atoms with van der Waals surface area (Å²) >= 11 is 0. The molecule has 158 valence electrons. The molecule has 2 heterocycles. The number of benzene rings is 2. The van der Waals surface area contributed by atoms with Crippen LogP contribution in [0.2, 0.25) is 0 Å². The molecule has 0 spiro atoms. The summed E-state index contributed by atoms with van der Waals surface area (Å²) in [5.74, 6) is 0.567. The van der Waals surface area contributed by atoms with Gasteiger partial charge in [0.2, 0.25) is 5.91 Å². The minimum atomic E-state index is -4.53. The van der Waals surface area contributed by atoms with E-state index in [1.165, 1.54) is 25.3 Å². The number of anilines is 1. The number of hydrogen-bond acceptors (Lipinski definition) is 4. The van der Waals surface area contributed by atoms with Crippen molar-refractivity contribution in [2.24, 2.45) is 0 Å². The third-order valence-electron chi connectivity index (χ3n) is 4.65. The predicted molar refractivity (Wildman–Crippen MR) is 110 cm³/mol. The molecular weight excluding hydrogens is 409 g/mol. The van der Waals surface area contributed by atoms with Crippen LogP contribution in [-0.2, 0) is 17.4 Å². The number of hydrogen-bond donors (Lipinski definition) is 2. The van der Waals surface area contributed by atoms with Gasteiger partial charge in [0.25, 0.3) is 0 Å². The standard InChI is InChI=1S/C22H17F3N4O2/c1-31-14-10-13(11-19(30)28-18-8-4-5-9-26-18)20-17(12-14)27-21(29-20)15-6-2-3-7-16(15)22(23,24)25/h2-10,12H,11H2,1H3,(H,27,29)(H,26,28,30). The van der Waals surface area contributed by atoms with E-state index in [0.717, 1.165) is 6.07 Å². The number of halogens is 3. The lowest BCUT2D eigenvalue weighted by Gasteiger charge is -2.10. The fraction of sp³-hybridized carbons (Fsp3) is 0.136. The van der Waals surface area contributed by atoms with Crippen LogP contribution in [-0.4, -0.2) is 28.0 Å². The average molecular weight is 426 g/mol. The number of methoxy groups -OCH3 is 1. The molecule has 2 aromatic carbocycles. The number of nitrogens with zero attached hydrogens (tertiary/aromatic N) is 2. The molecule has 4 rings (SSSR count). The lowest BCUT2D eigenvalue weighted by Crippen LogP contribution is -2.15. The number of alkyl halides is 3. The Balaban J connectivity index is 1.74. The average Bonchev–Trinajstić information content (AvgIpc) is 3.18. The maximum atomic E-state index is 13.4. The van der Waals surface area contributed by atoms with Gasteiger partial charge >= 0.3 is 6.18 Å². The third kappa shape index (κ3) is 4.35. The van der Waals surface area contributed by atoms with Gasteiger partial charge in [-0.2, -0.15) is 13.2 Å². The molecule has 0 aliphatic heterocycles. The topological polar surface area (TPSA) is 79.9 Å². The number of H-pyrrole nitrogens is 1. The van der Waals surface area contributed by atoms with E-state index in [-0.39, 0.29) is 23.7 Å². The Kier molecular flexibility index (Phi) is 5.33. The van der Waals surface area contributed by atoms with Gasteiger partial charge in [-0.05, 0) is 29.8 Å². The van der Waals surface area contributed by atoms with E-state index in [9.17, 15) is 18.0 Å². The molecule has 4 aromatic rings. The largest absolute Gasteiger partial charge is 0.497 e. The van der Waals surface area contributed by atoms with Crippen molar-refractivity contribution in [3.05, 3.63) is 71.9 Å². The first-order valence-corrected chi connectivity index (χ1v) is 9.29. The van der Waals surface area contributed by atoms with Gasteiger partial charge in [-0.3, -0.25) is 4.79 Å². The predicted octanol–water partition coefficient (Wildman–Crippen LogP) is 4.83. The van der Waals surface area contributed by atoms with Gasteiger partial charge in [0.15, 0.2) is 0 Å². The van der Waals surface area contributed by atoms with Crippen molar-refractivity contribution in [3.63, 3.8) is 0 Å². The van der Waals surface area contributed by atoms with Crippen molar-refractivity contribution in [2.75, 3.05) is 12.4 Å². The first-order chi connectivity index (χ1) is 14.8. The molecule has 1 amide bonds. The normalized spacial score (nSPS) is 11.5. The van der Waals surface area contributed by atoms with Crippen LogP contribution in [0.4, 0.5) is 19.0 Å². The first-order valence-electron chi connectivity index (χ1n) is 9.29. The van der Waals surface area contributed by atoms with Gasteiger partial charge in [0.05, 0.1) is 30.1 Å². The van der Waals surface area contributed by atoms with Gasteiger partial charge in [-0.1, -0.05) is 24.3 Å². The van der Waals surface area contributed by atoms with Gasteiger partial charge in [-0.25, -0.2) is 9.97 Å². The number of nitrogens with one attached hydrogen (secondary N) is 2. The van der Waals surface area contributed by atoms with Crippen molar-refractivity contribution < 1.29 is 22.7 Å². The molecule has 31 heavy (non-hydrogen) atoms. The summed E-state index contributed by atoms with van der Waals surface area (Å²) in [6.07, 6.45) is -3.04. The van der Waals surface area contributed by atoms with E-state index in [1.807, 2.05) is 0 Å². The van der Waals surface area contributed by atoms with Crippen LogP contribution in [0.5, 0.6) is 5.75 Å². The fourth-order valence-electron chi connectivity index (χ4n) is 3.27. The maximum Gasteiger partial charge on any atom is 0.417 e. The van der Waals surface area contributed by atoms with Crippen molar-refractivity contribution in [1.82, 2.24) is 15.0 Å². The minimum Gasteiger partial charge on any atom is -0.497 e. The van der Waals surface area contributed by atoms with E-state index in [1.54, 1.807) is 36.5 Å². The maximum absolute atomic E-state index is 13.4. The Morgan fingerprint density at radius 3 is 2.61 bits per heavy atom. The van der Waals surface area contributed by atoms with Crippen LogP contribution < -0.4 is 10.1 Å². The van der Waals surface area contributed by atoms with Crippen LogP contribution in [0.1, 0.15) is 11.1 Å². The van der Waals surface area contributed by atoms with Gasteiger partial charge < -0.3 is 15.0 Å². The fourth-order valence-corrected chi connectivity index (χ4v) is 3.27. The molecule has 0 saturated carbocycles. The molecule has 0 unspecified atom stereocenters. The molecule has 0 bridgehead atoms. The zero-order valence-corrected chi connectivity index (χ0v) is 16.3. The number of fused-ring (bicyclic) bond motifs is 1. The van der Waals surface area contributed by atoms with E-state index >= 15 is 0 Å². The number of aromatic nitrogens is 3. The number of pyridine rings is 1. The van der Waals surface area contributed by atoms with E-state index in [2.05, 4.69) is 20.3 Å².